The number of para-hydroxylation sites is 1. The van der Waals surface area contributed by atoms with Gasteiger partial charge in [0.05, 0.1) is 13.2 Å². The first-order valence-electron chi connectivity index (χ1n) is 8.93. The third kappa shape index (κ3) is 3.55. The van der Waals surface area contributed by atoms with Crippen molar-refractivity contribution in [1.29, 1.82) is 0 Å². The maximum atomic E-state index is 12.5. The SMILES string of the molecule is O=C(c1cc(NCCc2c[nH]c3ccccc23)ccn1)N1CCOCC1. The van der Waals surface area contributed by atoms with Crippen LogP contribution in [0.5, 0.6) is 0 Å². The quantitative estimate of drug-likeness (QED) is 0.742. The zero-order chi connectivity index (χ0) is 17.8. The van der Waals surface area contributed by atoms with E-state index in [4.69, 9.17) is 4.74 Å². The van der Waals surface area contributed by atoms with Crippen molar-refractivity contribution < 1.29 is 9.53 Å². The maximum Gasteiger partial charge on any atom is 0.272 e. The summed E-state index contributed by atoms with van der Waals surface area (Å²) in [6, 6.07) is 12.0. The molecular weight excluding hydrogens is 328 g/mol. The minimum Gasteiger partial charge on any atom is -0.385 e. The van der Waals surface area contributed by atoms with Gasteiger partial charge in [-0.25, -0.2) is 0 Å². The van der Waals surface area contributed by atoms with Gasteiger partial charge in [-0.2, -0.15) is 0 Å². The molecule has 1 fully saturated rings. The van der Waals surface area contributed by atoms with E-state index in [0.29, 0.717) is 32.0 Å². The van der Waals surface area contributed by atoms with E-state index < -0.39 is 0 Å². The predicted octanol–water partition coefficient (Wildman–Crippen LogP) is 2.69. The fraction of sp³-hybridized carbons (Fsp3) is 0.300. The molecule has 0 aliphatic carbocycles. The number of morpholine rings is 1. The molecular formula is C20H22N4O2. The highest BCUT2D eigenvalue weighted by molar-refractivity contribution is 5.93. The second-order valence-corrected chi connectivity index (χ2v) is 6.37. The first-order chi connectivity index (χ1) is 12.8. The van der Waals surface area contributed by atoms with E-state index in [1.54, 1.807) is 11.1 Å². The Labute approximate surface area is 152 Å². The van der Waals surface area contributed by atoms with E-state index in [9.17, 15) is 4.79 Å². The van der Waals surface area contributed by atoms with E-state index in [2.05, 4.69) is 39.7 Å². The molecule has 0 bridgehead atoms. The van der Waals surface area contributed by atoms with Crippen LogP contribution in [-0.4, -0.2) is 53.6 Å². The summed E-state index contributed by atoms with van der Waals surface area (Å²) in [6.07, 6.45) is 4.65. The Bertz CT molecular complexity index is 899. The lowest BCUT2D eigenvalue weighted by atomic mass is 10.1. The van der Waals surface area contributed by atoms with Gasteiger partial charge in [0.15, 0.2) is 0 Å². The van der Waals surface area contributed by atoms with Gasteiger partial charge in [-0.3, -0.25) is 9.78 Å². The highest BCUT2D eigenvalue weighted by atomic mass is 16.5. The first-order valence-corrected chi connectivity index (χ1v) is 8.93. The number of carbonyl (C=O) groups is 1. The normalized spacial score (nSPS) is 14.5. The zero-order valence-electron chi connectivity index (χ0n) is 14.6. The van der Waals surface area contributed by atoms with E-state index in [1.165, 1.54) is 10.9 Å². The molecule has 2 N–H and O–H groups in total. The van der Waals surface area contributed by atoms with Crippen LogP contribution in [0.4, 0.5) is 5.69 Å². The number of anilines is 1. The molecule has 26 heavy (non-hydrogen) atoms. The van der Waals surface area contributed by atoms with Gasteiger partial charge in [-0.1, -0.05) is 18.2 Å². The second kappa shape index (κ2) is 7.58. The number of hydrogen-bond acceptors (Lipinski definition) is 4. The number of carbonyl (C=O) groups excluding carboxylic acids is 1. The highest BCUT2D eigenvalue weighted by Crippen LogP contribution is 2.18. The summed E-state index contributed by atoms with van der Waals surface area (Å²) in [7, 11) is 0. The van der Waals surface area contributed by atoms with Crippen molar-refractivity contribution in [2.45, 2.75) is 6.42 Å². The fourth-order valence-electron chi connectivity index (χ4n) is 3.27. The first kappa shape index (κ1) is 16.6. The molecule has 1 saturated heterocycles. The molecule has 0 saturated carbocycles. The minimum absolute atomic E-state index is 0.0337. The van der Waals surface area contributed by atoms with E-state index >= 15 is 0 Å². The van der Waals surface area contributed by atoms with Crippen LogP contribution in [0.1, 0.15) is 16.1 Å². The molecule has 1 aliphatic rings. The number of pyridine rings is 1. The van der Waals surface area contributed by atoms with Gasteiger partial charge in [-0.15, -0.1) is 0 Å². The van der Waals surface area contributed by atoms with Crippen LogP contribution in [0.15, 0.2) is 48.8 Å². The van der Waals surface area contributed by atoms with Gasteiger partial charge in [0.2, 0.25) is 0 Å². The lowest BCUT2D eigenvalue weighted by molar-refractivity contribution is 0.0299. The maximum absolute atomic E-state index is 12.5. The van der Waals surface area contributed by atoms with E-state index in [-0.39, 0.29) is 5.91 Å². The highest BCUT2D eigenvalue weighted by Gasteiger charge is 2.19. The number of amides is 1. The van der Waals surface area contributed by atoms with Gasteiger partial charge in [-0.05, 0) is 30.2 Å². The predicted molar refractivity (Wildman–Crippen MR) is 101 cm³/mol. The number of aromatic amines is 1. The Morgan fingerprint density at radius 3 is 2.96 bits per heavy atom. The van der Waals surface area contributed by atoms with Crippen molar-refractivity contribution in [2.24, 2.45) is 0 Å². The van der Waals surface area contributed by atoms with Crippen LogP contribution in [-0.2, 0) is 11.2 Å². The fourth-order valence-corrected chi connectivity index (χ4v) is 3.27. The van der Waals surface area contributed by atoms with Crippen LogP contribution in [0.3, 0.4) is 0 Å². The number of nitrogens with one attached hydrogen (secondary N) is 2. The van der Waals surface area contributed by atoms with Crippen molar-refractivity contribution in [2.75, 3.05) is 38.2 Å². The Morgan fingerprint density at radius 2 is 2.08 bits per heavy atom. The molecule has 134 valence electrons. The Morgan fingerprint density at radius 1 is 1.23 bits per heavy atom. The number of aromatic nitrogens is 2. The lowest BCUT2D eigenvalue weighted by Gasteiger charge is -2.26. The summed E-state index contributed by atoms with van der Waals surface area (Å²) in [6.45, 7) is 3.22. The molecule has 1 amide bonds. The number of benzene rings is 1. The third-order valence-corrected chi connectivity index (χ3v) is 4.68. The summed E-state index contributed by atoms with van der Waals surface area (Å²) in [5.41, 5.74) is 3.83. The molecule has 3 aromatic rings. The van der Waals surface area contributed by atoms with Gasteiger partial charge in [0.25, 0.3) is 5.91 Å². The van der Waals surface area contributed by atoms with Gasteiger partial charge in [0.1, 0.15) is 5.69 Å². The largest absolute Gasteiger partial charge is 0.385 e. The Kier molecular flexibility index (Phi) is 4.84. The molecule has 0 atom stereocenters. The average Bonchev–Trinajstić information content (AvgIpc) is 3.12. The van der Waals surface area contributed by atoms with Crippen molar-refractivity contribution in [3.8, 4) is 0 Å². The molecule has 0 unspecified atom stereocenters. The molecule has 4 rings (SSSR count). The number of H-pyrrole nitrogens is 1. The Balaban J connectivity index is 1.38. The molecule has 1 aliphatic heterocycles. The van der Waals surface area contributed by atoms with Gasteiger partial charge < -0.3 is 19.9 Å². The van der Waals surface area contributed by atoms with Gasteiger partial charge >= 0.3 is 0 Å². The number of nitrogens with zero attached hydrogens (tertiary/aromatic N) is 2. The number of fused-ring (bicyclic) bond motifs is 1. The number of hydrogen-bond donors (Lipinski definition) is 2. The van der Waals surface area contributed by atoms with Crippen LogP contribution >= 0.6 is 0 Å². The third-order valence-electron chi connectivity index (χ3n) is 4.68. The lowest BCUT2D eigenvalue weighted by Crippen LogP contribution is -2.41. The molecule has 1 aromatic carbocycles. The summed E-state index contributed by atoms with van der Waals surface area (Å²) in [4.78, 5) is 21.9. The minimum atomic E-state index is -0.0337. The van der Waals surface area contributed by atoms with Crippen molar-refractivity contribution in [1.82, 2.24) is 14.9 Å². The van der Waals surface area contributed by atoms with Crippen LogP contribution in [0.2, 0.25) is 0 Å². The summed E-state index contributed by atoms with van der Waals surface area (Å²) >= 11 is 0. The van der Waals surface area contributed by atoms with Crippen molar-refractivity contribution in [3.05, 3.63) is 60.0 Å². The number of rotatable bonds is 5. The smallest absolute Gasteiger partial charge is 0.272 e. The van der Waals surface area contributed by atoms with Crippen molar-refractivity contribution in [3.63, 3.8) is 0 Å². The summed E-state index contributed by atoms with van der Waals surface area (Å²) in [5.74, 6) is -0.0337. The molecule has 3 heterocycles. The van der Waals surface area contributed by atoms with E-state index in [1.807, 2.05) is 18.2 Å². The summed E-state index contributed by atoms with van der Waals surface area (Å²) in [5, 5.41) is 4.65. The topological polar surface area (TPSA) is 70.2 Å². The van der Waals surface area contributed by atoms with E-state index in [0.717, 1.165) is 24.2 Å². The average molecular weight is 350 g/mol. The van der Waals surface area contributed by atoms with Crippen LogP contribution < -0.4 is 5.32 Å². The molecule has 2 aromatic heterocycles. The number of ether oxygens (including phenoxy) is 1. The van der Waals surface area contributed by atoms with Crippen LogP contribution in [0.25, 0.3) is 10.9 Å². The zero-order valence-corrected chi connectivity index (χ0v) is 14.6. The Hall–Kier alpha value is -2.86. The van der Waals surface area contributed by atoms with Crippen molar-refractivity contribution >= 4 is 22.5 Å². The molecule has 0 radical (unpaired) electrons. The molecule has 6 nitrogen and oxygen atoms in total. The van der Waals surface area contributed by atoms with Crippen LogP contribution in [0, 0.1) is 0 Å². The molecule has 6 heteroatoms. The second-order valence-electron chi connectivity index (χ2n) is 6.37. The molecule has 0 spiro atoms. The monoisotopic (exact) mass is 350 g/mol. The summed E-state index contributed by atoms with van der Waals surface area (Å²) < 4.78 is 5.30. The van der Waals surface area contributed by atoms with Gasteiger partial charge in [0, 0.05) is 48.6 Å². The standard InChI is InChI=1S/C20H22N4O2/c25-20(24-9-11-26-12-10-24)19-13-16(6-8-22-19)21-7-5-15-14-23-18-4-2-1-3-17(15)18/h1-4,6,8,13-14,23H,5,7,9-12H2,(H,21,22).